The number of aryl methyl sites for hydroxylation is 2. The maximum Gasteiger partial charge on any atom is 0.335 e. The Hall–Kier alpha value is -2.34. The minimum absolute atomic E-state index is 0.0123. The van der Waals surface area contributed by atoms with Gasteiger partial charge in [0.15, 0.2) is 0 Å². The molecule has 0 saturated carbocycles. The molecule has 1 aliphatic rings. The number of nitrogens with one attached hydrogen (secondary N) is 1. The molecule has 0 aromatic heterocycles. The molecule has 2 N–H and O–H groups in total. The van der Waals surface area contributed by atoms with Crippen molar-refractivity contribution in [1.82, 2.24) is 0 Å². The Morgan fingerprint density at radius 3 is 2.71 bits per heavy atom. The second kappa shape index (κ2) is 6.28. The summed E-state index contributed by atoms with van der Waals surface area (Å²) in [6.07, 6.45) is 3.01. The van der Waals surface area contributed by atoms with Crippen LogP contribution in [0.2, 0.25) is 0 Å². The van der Waals surface area contributed by atoms with E-state index in [-0.39, 0.29) is 10.5 Å². The van der Waals surface area contributed by atoms with Gasteiger partial charge in [-0.1, -0.05) is 19.1 Å². The monoisotopic (exact) mass is 345 g/mol. The molecule has 0 amide bonds. The fourth-order valence-electron chi connectivity index (χ4n) is 3.09. The molecule has 5 nitrogen and oxygen atoms in total. The van der Waals surface area contributed by atoms with Gasteiger partial charge in [-0.25, -0.2) is 13.2 Å². The molecule has 6 heteroatoms. The highest BCUT2D eigenvalue weighted by Crippen LogP contribution is 2.31. The number of carboxylic acids is 1. The van der Waals surface area contributed by atoms with E-state index in [0.717, 1.165) is 29.5 Å². The average molecular weight is 345 g/mol. The zero-order chi connectivity index (χ0) is 17.3. The van der Waals surface area contributed by atoms with Gasteiger partial charge >= 0.3 is 5.97 Å². The molecule has 0 saturated heterocycles. The Morgan fingerprint density at radius 1 is 1.21 bits per heavy atom. The molecular formula is C18H19NO4S. The quantitative estimate of drug-likeness (QED) is 0.871. The third kappa shape index (κ3) is 3.14. The minimum atomic E-state index is -3.83. The van der Waals surface area contributed by atoms with Crippen LogP contribution < -0.4 is 4.72 Å². The Labute approximate surface area is 141 Å². The Kier molecular flexibility index (Phi) is 4.32. The van der Waals surface area contributed by atoms with Crippen LogP contribution >= 0.6 is 0 Å². The topological polar surface area (TPSA) is 83.5 Å². The summed E-state index contributed by atoms with van der Waals surface area (Å²) in [5.74, 6) is -1.12. The number of carbonyl (C=O) groups is 1. The Morgan fingerprint density at radius 2 is 2.00 bits per heavy atom. The van der Waals surface area contributed by atoms with E-state index >= 15 is 0 Å². The number of anilines is 1. The van der Waals surface area contributed by atoms with Crippen LogP contribution in [0.5, 0.6) is 0 Å². The predicted molar refractivity (Wildman–Crippen MR) is 92.1 cm³/mol. The fraction of sp³-hybridized carbons (Fsp3) is 0.278. The Bertz CT molecular complexity index is 903. The second-order valence-electron chi connectivity index (χ2n) is 5.93. The average Bonchev–Trinajstić information content (AvgIpc) is 3.01. The minimum Gasteiger partial charge on any atom is -0.478 e. The first-order valence-corrected chi connectivity index (χ1v) is 9.40. The summed E-state index contributed by atoms with van der Waals surface area (Å²) in [5.41, 5.74) is 3.08. The smallest absolute Gasteiger partial charge is 0.335 e. The molecular weight excluding hydrogens is 326 g/mol. The number of benzene rings is 2. The molecule has 0 atom stereocenters. The number of rotatable bonds is 5. The van der Waals surface area contributed by atoms with Gasteiger partial charge in [-0.15, -0.1) is 0 Å². The van der Waals surface area contributed by atoms with Crippen molar-refractivity contribution in [3.63, 3.8) is 0 Å². The number of hydrogen-bond acceptors (Lipinski definition) is 3. The van der Waals surface area contributed by atoms with Gasteiger partial charge in [0.05, 0.1) is 10.5 Å². The van der Waals surface area contributed by atoms with Crippen molar-refractivity contribution in [3.05, 3.63) is 58.7 Å². The molecule has 3 rings (SSSR count). The summed E-state index contributed by atoms with van der Waals surface area (Å²) in [7, 11) is -3.83. The maximum atomic E-state index is 12.8. The zero-order valence-electron chi connectivity index (χ0n) is 13.4. The normalized spacial score (nSPS) is 13.5. The van der Waals surface area contributed by atoms with Gasteiger partial charge in [0.2, 0.25) is 0 Å². The summed E-state index contributed by atoms with van der Waals surface area (Å²) in [4.78, 5) is 11.4. The molecule has 24 heavy (non-hydrogen) atoms. The molecule has 0 unspecified atom stereocenters. The SMILES string of the molecule is CCc1cccc(NS(=O)(=O)c2cc(C(=O)O)cc3c2CCC3)c1. The first kappa shape index (κ1) is 16.5. The van der Waals surface area contributed by atoms with E-state index in [4.69, 9.17) is 0 Å². The highest BCUT2D eigenvalue weighted by atomic mass is 32.2. The van der Waals surface area contributed by atoms with Crippen molar-refractivity contribution in [2.75, 3.05) is 4.72 Å². The molecule has 2 aromatic rings. The standard InChI is InChI=1S/C18H19NO4S/c1-2-12-5-3-7-15(9-12)19-24(22,23)17-11-14(18(20)21)10-13-6-4-8-16(13)17/h3,5,7,9-11,19H,2,4,6,8H2,1H3,(H,20,21). The van der Waals surface area contributed by atoms with E-state index in [1.54, 1.807) is 24.3 Å². The van der Waals surface area contributed by atoms with Gasteiger partial charge in [0.25, 0.3) is 10.0 Å². The van der Waals surface area contributed by atoms with E-state index in [1.807, 2.05) is 13.0 Å². The molecule has 0 spiro atoms. The van der Waals surface area contributed by atoms with Gasteiger partial charge < -0.3 is 5.11 Å². The van der Waals surface area contributed by atoms with E-state index in [0.29, 0.717) is 18.5 Å². The van der Waals surface area contributed by atoms with Crippen molar-refractivity contribution in [2.45, 2.75) is 37.5 Å². The van der Waals surface area contributed by atoms with Crippen molar-refractivity contribution in [3.8, 4) is 0 Å². The van der Waals surface area contributed by atoms with Gasteiger partial charge in [-0.2, -0.15) is 0 Å². The van der Waals surface area contributed by atoms with Crippen molar-refractivity contribution in [1.29, 1.82) is 0 Å². The molecule has 2 aromatic carbocycles. The van der Waals surface area contributed by atoms with Crippen molar-refractivity contribution in [2.24, 2.45) is 0 Å². The number of sulfonamides is 1. The highest BCUT2D eigenvalue weighted by molar-refractivity contribution is 7.92. The predicted octanol–water partition coefficient (Wildman–Crippen LogP) is 3.24. The number of hydrogen-bond donors (Lipinski definition) is 2. The van der Waals surface area contributed by atoms with Crippen molar-refractivity contribution >= 4 is 21.7 Å². The summed E-state index contributed by atoms with van der Waals surface area (Å²) in [6, 6.07) is 10.1. The van der Waals surface area contributed by atoms with E-state index in [9.17, 15) is 18.3 Å². The number of fused-ring (bicyclic) bond motifs is 1. The lowest BCUT2D eigenvalue weighted by Crippen LogP contribution is -2.16. The number of aromatic carboxylic acids is 1. The van der Waals surface area contributed by atoms with Crippen LogP contribution in [0.1, 0.15) is 40.4 Å². The lowest BCUT2D eigenvalue weighted by Gasteiger charge is -2.13. The molecule has 0 bridgehead atoms. The van der Waals surface area contributed by atoms with Crippen LogP contribution in [0.3, 0.4) is 0 Å². The third-order valence-corrected chi connectivity index (χ3v) is 5.75. The van der Waals surface area contributed by atoms with Crippen molar-refractivity contribution < 1.29 is 18.3 Å². The summed E-state index contributed by atoms with van der Waals surface area (Å²) >= 11 is 0. The maximum absolute atomic E-state index is 12.8. The van der Waals surface area contributed by atoms with Gasteiger partial charge in [-0.05, 0) is 66.6 Å². The molecule has 0 heterocycles. The largest absolute Gasteiger partial charge is 0.478 e. The number of carboxylic acid groups (broad SMARTS) is 1. The zero-order valence-corrected chi connectivity index (χ0v) is 14.2. The van der Waals surface area contributed by atoms with Crippen LogP contribution in [0.4, 0.5) is 5.69 Å². The molecule has 0 radical (unpaired) electrons. The lowest BCUT2D eigenvalue weighted by atomic mass is 10.1. The first-order valence-electron chi connectivity index (χ1n) is 7.91. The molecule has 126 valence electrons. The van der Waals surface area contributed by atoms with E-state index in [2.05, 4.69) is 4.72 Å². The van der Waals surface area contributed by atoms with E-state index in [1.165, 1.54) is 6.07 Å². The summed E-state index contributed by atoms with van der Waals surface area (Å²) in [5, 5.41) is 9.25. The van der Waals surface area contributed by atoms with Crippen LogP contribution in [-0.4, -0.2) is 19.5 Å². The first-order chi connectivity index (χ1) is 11.4. The summed E-state index contributed by atoms with van der Waals surface area (Å²) in [6.45, 7) is 2.00. The van der Waals surface area contributed by atoms with Crippen LogP contribution in [0, 0.1) is 0 Å². The van der Waals surface area contributed by atoms with Gasteiger partial charge in [-0.3, -0.25) is 4.72 Å². The van der Waals surface area contributed by atoms with Gasteiger partial charge in [0, 0.05) is 5.69 Å². The third-order valence-electron chi connectivity index (χ3n) is 4.30. The second-order valence-corrected chi connectivity index (χ2v) is 7.58. The molecule has 0 fully saturated rings. The molecule has 1 aliphatic carbocycles. The highest BCUT2D eigenvalue weighted by Gasteiger charge is 2.26. The van der Waals surface area contributed by atoms with E-state index < -0.39 is 16.0 Å². The van der Waals surface area contributed by atoms with Gasteiger partial charge in [0.1, 0.15) is 0 Å². The summed E-state index contributed by atoms with van der Waals surface area (Å²) < 4.78 is 28.2. The molecule has 0 aliphatic heterocycles. The van der Waals surface area contributed by atoms with Crippen LogP contribution in [-0.2, 0) is 29.3 Å². The lowest BCUT2D eigenvalue weighted by molar-refractivity contribution is 0.0696. The Balaban J connectivity index is 2.05. The fourth-order valence-corrected chi connectivity index (χ4v) is 4.48. The van der Waals surface area contributed by atoms with Crippen LogP contribution in [0.15, 0.2) is 41.3 Å². The van der Waals surface area contributed by atoms with Crippen LogP contribution in [0.25, 0.3) is 0 Å².